The third-order valence-electron chi connectivity index (χ3n) is 4.63. The summed E-state index contributed by atoms with van der Waals surface area (Å²) in [5, 5.41) is 8.54. The van der Waals surface area contributed by atoms with Gasteiger partial charge in [0.15, 0.2) is 0 Å². The number of hydrogen-bond acceptors (Lipinski definition) is 7. The van der Waals surface area contributed by atoms with Gasteiger partial charge in [-0.1, -0.05) is 11.6 Å². The summed E-state index contributed by atoms with van der Waals surface area (Å²) in [6, 6.07) is 5.24. The molecule has 2 saturated heterocycles. The van der Waals surface area contributed by atoms with Crippen LogP contribution in [0.1, 0.15) is 15.2 Å². The molecular formula is C18H19ClN4O4S2. The van der Waals surface area contributed by atoms with Crippen LogP contribution < -0.4 is 15.5 Å². The van der Waals surface area contributed by atoms with Crippen molar-refractivity contribution in [2.45, 2.75) is 12.6 Å². The van der Waals surface area contributed by atoms with E-state index < -0.39 is 12.2 Å². The fraction of sp³-hybridized carbons (Fsp3) is 0.389. The van der Waals surface area contributed by atoms with Crippen molar-refractivity contribution in [2.75, 3.05) is 37.6 Å². The van der Waals surface area contributed by atoms with Crippen LogP contribution in [0.2, 0.25) is 4.34 Å². The molecule has 3 amide bonds. The highest BCUT2D eigenvalue weighted by Crippen LogP contribution is 2.29. The Morgan fingerprint density at radius 3 is 3.00 bits per heavy atom. The molecule has 4 heterocycles. The molecule has 0 radical (unpaired) electrons. The van der Waals surface area contributed by atoms with Crippen LogP contribution in [0.4, 0.5) is 9.80 Å². The van der Waals surface area contributed by atoms with Gasteiger partial charge in [0.25, 0.3) is 5.91 Å². The van der Waals surface area contributed by atoms with Crippen LogP contribution in [0.5, 0.6) is 0 Å². The van der Waals surface area contributed by atoms with Crippen LogP contribution in [0.25, 0.3) is 0 Å². The predicted molar refractivity (Wildman–Crippen MR) is 112 cm³/mol. The van der Waals surface area contributed by atoms with E-state index in [4.69, 9.17) is 16.3 Å². The van der Waals surface area contributed by atoms with Crippen molar-refractivity contribution in [1.82, 2.24) is 15.5 Å². The fourth-order valence-corrected chi connectivity index (χ4v) is 5.03. The average molecular weight is 455 g/mol. The van der Waals surface area contributed by atoms with Gasteiger partial charge in [-0.15, -0.1) is 22.7 Å². The van der Waals surface area contributed by atoms with E-state index in [1.165, 1.54) is 22.7 Å². The number of cyclic esters (lactones) is 1. The number of anilines is 1. The summed E-state index contributed by atoms with van der Waals surface area (Å²) < 4.78 is 5.93. The van der Waals surface area contributed by atoms with Gasteiger partial charge in [-0.25, -0.2) is 4.79 Å². The van der Waals surface area contributed by atoms with Crippen LogP contribution in [0.15, 0.2) is 23.6 Å². The van der Waals surface area contributed by atoms with Gasteiger partial charge in [0.2, 0.25) is 5.91 Å². The van der Waals surface area contributed by atoms with Gasteiger partial charge in [-0.05, 0) is 29.1 Å². The molecule has 29 heavy (non-hydrogen) atoms. The SMILES string of the molecule is O=C(NC[C@H]1CN(c2cc(CN3CCNCC3=O)cs2)C(=O)O1)c1ccc(Cl)s1. The molecule has 0 spiro atoms. The van der Waals surface area contributed by atoms with Gasteiger partial charge in [0.05, 0.1) is 28.8 Å². The summed E-state index contributed by atoms with van der Waals surface area (Å²) in [7, 11) is 0. The number of nitrogens with zero attached hydrogens (tertiary/aromatic N) is 2. The van der Waals surface area contributed by atoms with Crippen molar-refractivity contribution >= 4 is 57.2 Å². The van der Waals surface area contributed by atoms with Gasteiger partial charge in [0.1, 0.15) is 11.1 Å². The Morgan fingerprint density at radius 2 is 2.24 bits per heavy atom. The van der Waals surface area contributed by atoms with Gasteiger partial charge in [-0.3, -0.25) is 14.5 Å². The number of nitrogens with one attached hydrogen (secondary N) is 2. The number of hydrogen-bond donors (Lipinski definition) is 2. The second-order valence-electron chi connectivity index (χ2n) is 6.72. The van der Waals surface area contributed by atoms with Crippen LogP contribution in [-0.2, 0) is 16.1 Å². The van der Waals surface area contributed by atoms with E-state index in [9.17, 15) is 14.4 Å². The fourth-order valence-electron chi connectivity index (χ4n) is 3.16. The quantitative estimate of drug-likeness (QED) is 0.698. The first-order valence-corrected chi connectivity index (χ1v) is 11.1. The predicted octanol–water partition coefficient (Wildman–Crippen LogP) is 2.15. The molecular weight excluding hydrogens is 436 g/mol. The lowest BCUT2D eigenvalue weighted by molar-refractivity contribution is -0.132. The number of carbonyl (C=O) groups excluding carboxylic acids is 3. The summed E-state index contributed by atoms with van der Waals surface area (Å²) in [5.41, 5.74) is 0.986. The van der Waals surface area contributed by atoms with Gasteiger partial charge in [0, 0.05) is 19.6 Å². The molecule has 154 valence electrons. The van der Waals surface area contributed by atoms with Gasteiger partial charge >= 0.3 is 6.09 Å². The maximum Gasteiger partial charge on any atom is 0.415 e. The van der Waals surface area contributed by atoms with Crippen molar-refractivity contribution in [2.24, 2.45) is 0 Å². The van der Waals surface area contributed by atoms with Crippen molar-refractivity contribution in [3.63, 3.8) is 0 Å². The Balaban J connectivity index is 1.31. The lowest BCUT2D eigenvalue weighted by Gasteiger charge is -2.26. The highest BCUT2D eigenvalue weighted by Gasteiger charge is 2.33. The average Bonchev–Trinajstić information content (AvgIpc) is 3.42. The van der Waals surface area contributed by atoms with E-state index in [-0.39, 0.29) is 18.4 Å². The first-order chi connectivity index (χ1) is 14.0. The number of amides is 3. The lowest BCUT2D eigenvalue weighted by Crippen LogP contribution is -2.47. The molecule has 8 nitrogen and oxygen atoms in total. The van der Waals surface area contributed by atoms with Crippen molar-refractivity contribution in [3.05, 3.63) is 38.4 Å². The normalized spacial score (nSPS) is 19.6. The minimum atomic E-state index is -0.435. The third kappa shape index (κ3) is 4.72. The first-order valence-electron chi connectivity index (χ1n) is 9.07. The van der Waals surface area contributed by atoms with Crippen LogP contribution in [0, 0.1) is 0 Å². The zero-order chi connectivity index (χ0) is 20.4. The second-order valence-corrected chi connectivity index (χ2v) is 9.32. The first kappa shape index (κ1) is 20.1. The summed E-state index contributed by atoms with van der Waals surface area (Å²) in [4.78, 5) is 40.2. The molecule has 2 aromatic rings. The summed E-state index contributed by atoms with van der Waals surface area (Å²) in [6.45, 7) is 2.93. The maximum atomic E-state index is 12.3. The summed E-state index contributed by atoms with van der Waals surface area (Å²) in [5.74, 6) is -0.164. The number of ether oxygens (including phenoxy) is 1. The zero-order valence-corrected chi connectivity index (χ0v) is 17.7. The zero-order valence-electron chi connectivity index (χ0n) is 15.4. The minimum Gasteiger partial charge on any atom is -0.442 e. The van der Waals surface area contributed by atoms with E-state index in [2.05, 4.69) is 10.6 Å². The van der Waals surface area contributed by atoms with E-state index in [1.807, 2.05) is 11.4 Å². The maximum absolute atomic E-state index is 12.3. The number of thiophene rings is 2. The van der Waals surface area contributed by atoms with Gasteiger partial charge < -0.3 is 20.3 Å². The molecule has 2 aliphatic rings. The molecule has 2 N–H and O–H groups in total. The van der Waals surface area contributed by atoms with Gasteiger partial charge in [-0.2, -0.15) is 0 Å². The Labute approximate surface area is 180 Å². The molecule has 11 heteroatoms. The Morgan fingerprint density at radius 1 is 1.38 bits per heavy atom. The number of carbonyl (C=O) groups is 3. The second kappa shape index (κ2) is 8.70. The number of halogens is 1. The van der Waals surface area contributed by atoms with Crippen LogP contribution in [-0.4, -0.2) is 61.6 Å². The smallest absolute Gasteiger partial charge is 0.415 e. The van der Waals surface area contributed by atoms with Crippen LogP contribution in [0.3, 0.4) is 0 Å². The van der Waals surface area contributed by atoms with E-state index in [0.717, 1.165) is 17.1 Å². The van der Waals surface area contributed by atoms with Crippen molar-refractivity contribution in [1.29, 1.82) is 0 Å². The highest BCUT2D eigenvalue weighted by molar-refractivity contribution is 7.18. The van der Waals surface area contributed by atoms with E-state index in [1.54, 1.807) is 21.9 Å². The monoisotopic (exact) mass is 454 g/mol. The van der Waals surface area contributed by atoms with E-state index in [0.29, 0.717) is 35.4 Å². The van der Waals surface area contributed by atoms with E-state index >= 15 is 0 Å². The molecule has 2 aromatic heterocycles. The summed E-state index contributed by atoms with van der Waals surface area (Å²) >= 11 is 8.48. The largest absolute Gasteiger partial charge is 0.442 e. The van der Waals surface area contributed by atoms with Crippen LogP contribution >= 0.6 is 34.3 Å². The molecule has 2 aliphatic heterocycles. The molecule has 0 saturated carbocycles. The van der Waals surface area contributed by atoms with Crippen molar-refractivity contribution in [3.8, 4) is 0 Å². The Hall–Kier alpha value is -2.14. The molecule has 0 bridgehead atoms. The Bertz CT molecular complexity index is 931. The minimum absolute atomic E-state index is 0.0763. The molecule has 4 rings (SSSR count). The molecule has 0 aliphatic carbocycles. The standard InChI is InChI=1S/C18H19ClN4O4S2/c19-14-2-1-13(29-14)17(25)21-6-12-9-23(18(26)27-12)16-5-11(10-28-16)8-22-4-3-20-7-15(22)24/h1-2,5,10,12,20H,3-4,6-9H2,(H,21,25)/t12-/m0/s1. The molecule has 1 atom stereocenters. The summed E-state index contributed by atoms with van der Waals surface area (Å²) in [6.07, 6.45) is -0.864. The number of rotatable bonds is 6. The lowest BCUT2D eigenvalue weighted by atomic mass is 10.2. The molecule has 0 aromatic carbocycles. The van der Waals surface area contributed by atoms with Crippen molar-refractivity contribution < 1.29 is 19.1 Å². The molecule has 2 fully saturated rings. The highest BCUT2D eigenvalue weighted by atomic mass is 35.5. The Kier molecular flexibility index (Phi) is 6.04. The topological polar surface area (TPSA) is 91.0 Å². The third-order valence-corrected chi connectivity index (χ3v) is 6.86. The molecule has 0 unspecified atom stereocenters. The number of piperazine rings is 1.